The fourth-order valence-electron chi connectivity index (χ4n) is 1.92. The molecule has 0 unspecified atom stereocenters. The van der Waals surface area contributed by atoms with Crippen molar-refractivity contribution in [3.8, 4) is 0 Å². The molecular formula is C15H18N4O. The van der Waals surface area contributed by atoms with Gasteiger partial charge in [-0.15, -0.1) is 0 Å². The predicted octanol–water partition coefficient (Wildman–Crippen LogP) is 1.91. The van der Waals surface area contributed by atoms with E-state index in [1.165, 1.54) is 0 Å². The number of hydrazine groups is 1. The zero-order valence-electron chi connectivity index (χ0n) is 11.6. The second-order valence-corrected chi connectivity index (χ2v) is 4.68. The molecule has 4 N–H and O–H groups in total. The Balaban J connectivity index is 2.13. The number of hydrogen-bond acceptors (Lipinski definition) is 4. The zero-order valence-corrected chi connectivity index (χ0v) is 11.6. The third-order valence-electron chi connectivity index (χ3n) is 3.16. The summed E-state index contributed by atoms with van der Waals surface area (Å²) in [6, 6.07) is 7.42. The van der Waals surface area contributed by atoms with E-state index in [9.17, 15) is 4.79 Å². The summed E-state index contributed by atoms with van der Waals surface area (Å²) in [6.07, 6.45) is 3.49. The number of nitrogen functional groups attached to an aromatic ring is 1. The zero-order chi connectivity index (χ0) is 14.5. The summed E-state index contributed by atoms with van der Waals surface area (Å²) in [7, 11) is 0. The van der Waals surface area contributed by atoms with Crippen LogP contribution in [0.5, 0.6) is 0 Å². The number of hydrogen-bond donors (Lipinski definition) is 3. The first-order valence-electron chi connectivity index (χ1n) is 6.37. The first-order chi connectivity index (χ1) is 9.61. The summed E-state index contributed by atoms with van der Waals surface area (Å²) < 4.78 is 0. The predicted molar refractivity (Wildman–Crippen MR) is 79.1 cm³/mol. The number of carbonyl (C=O) groups is 1. The third kappa shape index (κ3) is 3.13. The van der Waals surface area contributed by atoms with Crippen LogP contribution in [0.2, 0.25) is 0 Å². The largest absolute Gasteiger partial charge is 0.348 e. The molecule has 0 saturated heterocycles. The lowest BCUT2D eigenvalue weighted by Gasteiger charge is -2.11. The normalized spacial score (nSPS) is 10.2. The van der Waals surface area contributed by atoms with Gasteiger partial charge < -0.3 is 10.7 Å². The minimum atomic E-state index is -0.162. The van der Waals surface area contributed by atoms with Gasteiger partial charge >= 0.3 is 0 Å². The molecular weight excluding hydrogens is 252 g/mol. The molecule has 5 heteroatoms. The molecule has 0 aliphatic rings. The monoisotopic (exact) mass is 270 g/mol. The van der Waals surface area contributed by atoms with E-state index >= 15 is 0 Å². The smallest absolute Gasteiger partial charge is 0.253 e. The lowest BCUT2D eigenvalue weighted by molar-refractivity contribution is 0.0951. The van der Waals surface area contributed by atoms with Crippen molar-refractivity contribution in [2.24, 2.45) is 5.84 Å². The average molecular weight is 270 g/mol. The van der Waals surface area contributed by atoms with Gasteiger partial charge in [-0.1, -0.05) is 11.6 Å². The van der Waals surface area contributed by atoms with E-state index in [1.54, 1.807) is 24.5 Å². The maximum Gasteiger partial charge on any atom is 0.253 e. The van der Waals surface area contributed by atoms with Gasteiger partial charge in [0.1, 0.15) is 0 Å². The van der Waals surface area contributed by atoms with Crippen molar-refractivity contribution in [2.45, 2.75) is 20.4 Å². The molecule has 0 fully saturated rings. The molecule has 0 spiro atoms. The molecule has 1 aromatic heterocycles. The highest BCUT2D eigenvalue weighted by Gasteiger charge is 2.11. The molecule has 1 heterocycles. The third-order valence-corrected chi connectivity index (χ3v) is 3.16. The van der Waals surface area contributed by atoms with Crippen LogP contribution >= 0.6 is 0 Å². The lowest BCUT2D eigenvalue weighted by Crippen LogP contribution is -2.25. The first-order valence-corrected chi connectivity index (χ1v) is 6.37. The van der Waals surface area contributed by atoms with Crippen LogP contribution in [0.1, 0.15) is 27.0 Å². The van der Waals surface area contributed by atoms with Gasteiger partial charge in [0.2, 0.25) is 0 Å². The number of amides is 1. The highest BCUT2D eigenvalue weighted by Crippen LogP contribution is 2.16. The Morgan fingerprint density at radius 3 is 2.80 bits per heavy atom. The van der Waals surface area contributed by atoms with E-state index in [1.807, 2.05) is 26.0 Å². The number of carbonyl (C=O) groups excluding carboxylic acids is 1. The summed E-state index contributed by atoms with van der Waals surface area (Å²) in [5.41, 5.74) is 6.78. The maximum absolute atomic E-state index is 12.2. The van der Waals surface area contributed by atoms with Gasteiger partial charge in [0, 0.05) is 18.9 Å². The summed E-state index contributed by atoms with van der Waals surface area (Å²) in [5.74, 6) is 5.27. The minimum absolute atomic E-state index is 0.162. The Labute approximate surface area is 118 Å². The highest BCUT2D eigenvalue weighted by molar-refractivity contribution is 5.99. The molecule has 0 atom stereocenters. The van der Waals surface area contributed by atoms with Gasteiger partial charge in [-0.3, -0.25) is 15.6 Å². The van der Waals surface area contributed by atoms with E-state index in [0.29, 0.717) is 17.8 Å². The van der Waals surface area contributed by atoms with Crippen molar-refractivity contribution in [2.75, 3.05) is 5.43 Å². The Bertz CT molecular complexity index is 625. The molecule has 1 aromatic carbocycles. The van der Waals surface area contributed by atoms with Crippen molar-refractivity contribution in [1.82, 2.24) is 10.3 Å². The average Bonchev–Trinajstić information content (AvgIpc) is 2.46. The Kier molecular flexibility index (Phi) is 4.32. The van der Waals surface area contributed by atoms with Crippen LogP contribution in [0.15, 0.2) is 36.7 Å². The first kappa shape index (κ1) is 14.0. The maximum atomic E-state index is 12.2. The number of nitrogens with zero attached hydrogens (tertiary/aromatic N) is 1. The van der Waals surface area contributed by atoms with Crippen LogP contribution < -0.4 is 16.6 Å². The topological polar surface area (TPSA) is 80.0 Å². The van der Waals surface area contributed by atoms with Crippen LogP contribution in [0.4, 0.5) is 5.69 Å². The molecule has 104 valence electrons. The number of anilines is 1. The molecule has 0 radical (unpaired) electrons. The lowest BCUT2D eigenvalue weighted by atomic mass is 10.1. The van der Waals surface area contributed by atoms with E-state index in [4.69, 9.17) is 5.84 Å². The van der Waals surface area contributed by atoms with Crippen molar-refractivity contribution >= 4 is 11.6 Å². The van der Waals surface area contributed by atoms with Gasteiger partial charge in [-0.05, 0) is 43.2 Å². The number of aromatic nitrogens is 1. The molecule has 0 aliphatic heterocycles. The molecule has 5 nitrogen and oxygen atoms in total. The number of pyridine rings is 1. The van der Waals surface area contributed by atoms with Crippen molar-refractivity contribution in [3.63, 3.8) is 0 Å². The minimum Gasteiger partial charge on any atom is -0.348 e. The molecule has 0 saturated carbocycles. The van der Waals surface area contributed by atoms with Crippen molar-refractivity contribution in [3.05, 3.63) is 58.9 Å². The van der Waals surface area contributed by atoms with Crippen LogP contribution in [-0.2, 0) is 6.54 Å². The number of nitrogens with one attached hydrogen (secondary N) is 2. The number of rotatable bonds is 4. The summed E-state index contributed by atoms with van der Waals surface area (Å²) in [4.78, 5) is 16.3. The van der Waals surface area contributed by atoms with Gasteiger partial charge in [-0.25, -0.2) is 0 Å². The van der Waals surface area contributed by atoms with Crippen molar-refractivity contribution < 1.29 is 4.79 Å². The van der Waals surface area contributed by atoms with Crippen molar-refractivity contribution in [1.29, 1.82) is 0 Å². The van der Waals surface area contributed by atoms with Crippen LogP contribution in [0.3, 0.4) is 0 Å². The number of aryl methyl sites for hydroxylation is 2. The molecule has 0 bridgehead atoms. The molecule has 1 amide bonds. The molecule has 2 rings (SSSR count). The standard InChI is InChI=1S/C15H18N4O/c1-10-3-4-14(19-16)13(7-10)15(20)18-9-12-8-17-6-5-11(12)2/h3-8,19H,9,16H2,1-2H3,(H,18,20). The molecule has 2 aromatic rings. The Hall–Kier alpha value is -2.40. The number of benzene rings is 1. The quantitative estimate of drug-likeness (QED) is 0.585. The molecule has 0 aliphatic carbocycles. The van der Waals surface area contributed by atoms with Crippen LogP contribution in [-0.4, -0.2) is 10.9 Å². The second kappa shape index (κ2) is 6.16. The van der Waals surface area contributed by atoms with Gasteiger partial charge in [-0.2, -0.15) is 0 Å². The molecule has 20 heavy (non-hydrogen) atoms. The van der Waals surface area contributed by atoms with E-state index < -0.39 is 0 Å². The van der Waals surface area contributed by atoms with E-state index in [2.05, 4.69) is 15.7 Å². The Morgan fingerprint density at radius 1 is 1.30 bits per heavy atom. The highest BCUT2D eigenvalue weighted by atomic mass is 16.1. The van der Waals surface area contributed by atoms with Gasteiger partial charge in [0.25, 0.3) is 5.91 Å². The number of nitrogens with two attached hydrogens (primary N) is 1. The summed E-state index contributed by atoms with van der Waals surface area (Å²) in [6.45, 7) is 4.36. The van der Waals surface area contributed by atoms with Crippen LogP contribution in [0, 0.1) is 13.8 Å². The Morgan fingerprint density at radius 2 is 2.10 bits per heavy atom. The summed E-state index contributed by atoms with van der Waals surface area (Å²) in [5, 5.41) is 2.88. The van der Waals surface area contributed by atoms with Gasteiger partial charge in [0.15, 0.2) is 0 Å². The SMILES string of the molecule is Cc1ccc(NN)c(C(=O)NCc2cnccc2C)c1. The fraction of sp³-hybridized carbons (Fsp3) is 0.200. The summed E-state index contributed by atoms with van der Waals surface area (Å²) >= 11 is 0. The van der Waals surface area contributed by atoms with E-state index in [0.717, 1.165) is 16.7 Å². The second-order valence-electron chi connectivity index (χ2n) is 4.68. The fourth-order valence-corrected chi connectivity index (χ4v) is 1.92. The van der Waals surface area contributed by atoms with Gasteiger partial charge in [0.05, 0.1) is 11.3 Å². The van der Waals surface area contributed by atoms with E-state index in [-0.39, 0.29) is 5.91 Å². The van der Waals surface area contributed by atoms with Crippen LogP contribution in [0.25, 0.3) is 0 Å².